The van der Waals surface area contributed by atoms with Crippen LogP contribution in [0.4, 0.5) is 0 Å². The number of nitrogens with zero attached hydrogens (tertiary/aromatic N) is 1. The van der Waals surface area contributed by atoms with Crippen molar-refractivity contribution < 1.29 is 14.7 Å². The second kappa shape index (κ2) is 7.28. The monoisotopic (exact) mass is 483 g/mol. The Morgan fingerprint density at radius 3 is 2.23 bits per heavy atom. The molecule has 9 atom stereocenters. The van der Waals surface area contributed by atoms with Gasteiger partial charge in [0.2, 0.25) is 0 Å². The Morgan fingerprint density at radius 1 is 0.943 bits per heavy atom. The lowest BCUT2D eigenvalue weighted by Crippen LogP contribution is -2.66. The van der Waals surface area contributed by atoms with Gasteiger partial charge in [-0.05, 0) is 110 Å². The number of carboxylic acid groups (broad SMARTS) is 1. The molecule has 0 aliphatic heterocycles. The van der Waals surface area contributed by atoms with Gasteiger partial charge in [-0.3, -0.25) is 9.59 Å². The first kappa shape index (κ1) is 25.1. The van der Waals surface area contributed by atoms with Crippen LogP contribution in [0, 0.1) is 55.2 Å². The third-order valence-electron chi connectivity index (χ3n) is 13.2. The van der Waals surface area contributed by atoms with Gasteiger partial charge in [0.25, 0.3) is 0 Å². The van der Waals surface area contributed by atoms with E-state index in [1.807, 2.05) is 13.0 Å². The maximum atomic E-state index is 14.2. The number of fused-ring (bicyclic) bond motifs is 7. The van der Waals surface area contributed by atoms with Crippen LogP contribution < -0.4 is 0 Å². The number of carboxylic acids is 1. The zero-order valence-electron chi connectivity index (χ0n) is 22.9. The van der Waals surface area contributed by atoms with E-state index in [9.17, 15) is 19.6 Å². The molecule has 5 aliphatic rings. The van der Waals surface area contributed by atoms with Gasteiger partial charge in [-0.15, -0.1) is 0 Å². The highest BCUT2D eigenvalue weighted by atomic mass is 16.4. The molecule has 0 aromatic rings. The lowest BCUT2D eigenvalue weighted by atomic mass is 9.33. The maximum Gasteiger partial charge on any atom is 0.309 e. The third-order valence-corrected chi connectivity index (χ3v) is 13.2. The van der Waals surface area contributed by atoms with Crippen LogP contribution in [-0.4, -0.2) is 22.9 Å². The Kier molecular flexibility index (Phi) is 5.23. The van der Waals surface area contributed by atoms with Gasteiger partial charge in [-0.2, -0.15) is 4.91 Å². The van der Waals surface area contributed by atoms with Crippen molar-refractivity contribution in [3.05, 3.63) is 16.6 Å². The van der Waals surface area contributed by atoms with Crippen LogP contribution >= 0.6 is 0 Å². The van der Waals surface area contributed by atoms with Crippen molar-refractivity contribution in [1.82, 2.24) is 0 Å². The van der Waals surface area contributed by atoms with Crippen molar-refractivity contribution in [3.63, 3.8) is 0 Å². The van der Waals surface area contributed by atoms with Gasteiger partial charge in [0.1, 0.15) is 0 Å². The summed E-state index contributed by atoms with van der Waals surface area (Å²) in [6.07, 6.45) is 10.1. The molecule has 35 heavy (non-hydrogen) atoms. The normalized spacial score (nSPS) is 52.8. The maximum absolute atomic E-state index is 14.2. The molecule has 5 aliphatic carbocycles. The zero-order chi connectivity index (χ0) is 25.8. The summed E-state index contributed by atoms with van der Waals surface area (Å²) in [5.74, 6) is -0.0596. The summed E-state index contributed by atoms with van der Waals surface area (Å²) in [7, 11) is 0. The Bertz CT molecular complexity index is 1020. The van der Waals surface area contributed by atoms with Gasteiger partial charge in [-0.25, -0.2) is 0 Å². The predicted molar refractivity (Wildman–Crippen MR) is 137 cm³/mol. The standard InChI is InChI=1S/C30H45NO4/c1-25(2)21-8-11-30(7)23(28(21,5)10-9-22(25)31-35)20(32)16-18-19-17-27(4,24(33)34)13-12-26(19,3)14-15-29(18,30)6/h16,19,21-23H,8-15,17H2,1-7H3,(H,33,34)/t19-,21?,22?,23+,26+,27-,28-,29+,30+/m0/s1. The number of nitroso groups, excluding NO2 is 1. The summed E-state index contributed by atoms with van der Waals surface area (Å²) in [6, 6.07) is -0.184. The highest BCUT2D eigenvalue weighted by molar-refractivity contribution is 5.95. The molecular formula is C30H45NO4. The minimum Gasteiger partial charge on any atom is -0.481 e. The highest BCUT2D eigenvalue weighted by Crippen LogP contribution is 2.75. The molecule has 0 spiro atoms. The first-order valence-electron chi connectivity index (χ1n) is 13.9. The quantitative estimate of drug-likeness (QED) is 0.421. The molecule has 5 nitrogen and oxygen atoms in total. The van der Waals surface area contributed by atoms with E-state index in [1.165, 1.54) is 5.57 Å². The molecule has 5 heteroatoms. The number of carbonyl (C=O) groups excluding carboxylic acids is 1. The van der Waals surface area contributed by atoms with Gasteiger partial charge >= 0.3 is 5.97 Å². The fourth-order valence-corrected chi connectivity index (χ4v) is 10.6. The number of rotatable bonds is 2. The SMILES string of the molecule is CC1(C)C(N=O)CC[C@@]2(C)C1CC[C@]1(C)[C@@H]2C(=O)C=C2[C@@H]3C[C@@](C)(C(=O)O)CC[C@]3(C)CC[C@]21C. The molecule has 0 aromatic carbocycles. The van der Waals surface area contributed by atoms with E-state index >= 15 is 0 Å². The largest absolute Gasteiger partial charge is 0.481 e. The average Bonchev–Trinajstić information content (AvgIpc) is 2.76. The highest BCUT2D eigenvalue weighted by Gasteiger charge is 2.70. The first-order chi connectivity index (χ1) is 16.1. The first-order valence-corrected chi connectivity index (χ1v) is 13.9. The Labute approximate surface area is 210 Å². The van der Waals surface area contributed by atoms with Crippen LogP contribution in [0.2, 0.25) is 0 Å². The molecule has 4 saturated carbocycles. The molecule has 194 valence electrons. The molecule has 2 unspecified atom stereocenters. The number of allylic oxidation sites excluding steroid dienone is 2. The second-order valence-corrected chi connectivity index (χ2v) is 15.0. The molecule has 0 aromatic heterocycles. The fraction of sp³-hybridized carbons (Fsp3) is 0.867. The number of carbonyl (C=O) groups is 2. The molecule has 4 fully saturated rings. The Morgan fingerprint density at radius 2 is 1.60 bits per heavy atom. The van der Waals surface area contributed by atoms with E-state index < -0.39 is 11.4 Å². The van der Waals surface area contributed by atoms with E-state index in [2.05, 4.69) is 46.7 Å². The lowest BCUT2D eigenvalue weighted by Gasteiger charge is -2.70. The molecule has 1 N–H and O–H groups in total. The van der Waals surface area contributed by atoms with E-state index in [1.54, 1.807) is 0 Å². The fourth-order valence-electron chi connectivity index (χ4n) is 10.6. The molecular weight excluding hydrogens is 438 g/mol. The van der Waals surface area contributed by atoms with Gasteiger partial charge in [0.15, 0.2) is 5.78 Å². The number of hydrogen-bond donors (Lipinski definition) is 1. The van der Waals surface area contributed by atoms with Crippen molar-refractivity contribution in [2.45, 2.75) is 112 Å². The van der Waals surface area contributed by atoms with Crippen molar-refractivity contribution in [2.75, 3.05) is 0 Å². The summed E-state index contributed by atoms with van der Waals surface area (Å²) in [5, 5.41) is 13.6. The van der Waals surface area contributed by atoms with Crippen molar-refractivity contribution >= 4 is 11.8 Å². The summed E-state index contributed by atoms with van der Waals surface area (Å²) in [5.41, 5.74) is -0.0215. The zero-order valence-corrected chi connectivity index (χ0v) is 22.9. The molecule has 0 amide bonds. The van der Waals surface area contributed by atoms with Gasteiger partial charge in [0, 0.05) is 5.92 Å². The number of hydrogen-bond acceptors (Lipinski definition) is 4. The van der Waals surface area contributed by atoms with Crippen LogP contribution in [0.25, 0.3) is 0 Å². The van der Waals surface area contributed by atoms with Crippen molar-refractivity contribution in [1.29, 1.82) is 0 Å². The summed E-state index contributed by atoms with van der Waals surface area (Å²) >= 11 is 0. The lowest BCUT2D eigenvalue weighted by molar-refractivity contribution is -0.187. The van der Waals surface area contributed by atoms with Crippen LogP contribution in [0.3, 0.4) is 0 Å². The van der Waals surface area contributed by atoms with E-state index in [-0.39, 0.29) is 50.7 Å². The van der Waals surface area contributed by atoms with Gasteiger partial charge in [-0.1, -0.05) is 52.3 Å². The smallest absolute Gasteiger partial charge is 0.309 e. The van der Waals surface area contributed by atoms with E-state index in [4.69, 9.17) is 0 Å². The Balaban J connectivity index is 1.61. The summed E-state index contributed by atoms with van der Waals surface area (Å²) in [4.78, 5) is 38.2. The number of aliphatic carboxylic acids is 1. The molecule has 0 heterocycles. The topological polar surface area (TPSA) is 83.8 Å². The van der Waals surface area contributed by atoms with Crippen molar-refractivity contribution in [2.24, 2.45) is 55.4 Å². The predicted octanol–water partition coefficient (Wildman–Crippen LogP) is 7.19. The second-order valence-electron chi connectivity index (χ2n) is 15.0. The van der Waals surface area contributed by atoms with E-state index in [0.717, 1.165) is 44.9 Å². The van der Waals surface area contributed by atoms with Crippen LogP contribution in [0.5, 0.6) is 0 Å². The van der Waals surface area contributed by atoms with Gasteiger partial charge < -0.3 is 5.11 Å². The molecule has 0 radical (unpaired) electrons. The summed E-state index contributed by atoms with van der Waals surface area (Å²) in [6.45, 7) is 15.7. The van der Waals surface area contributed by atoms with Gasteiger partial charge in [0.05, 0.1) is 11.5 Å². The minimum atomic E-state index is -0.724. The summed E-state index contributed by atoms with van der Waals surface area (Å²) < 4.78 is 0. The minimum absolute atomic E-state index is 0.0619. The Hall–Kier alpha value is -1.52. The van der Waals surface area contributed by atoms with E-state index in [0.29, 0.717) is 18.8 Å². The van der Waals surface area contributed by atoms with Crippen molar-refractivity contribution in [3.8, 4) is 0 Å². The number of ketones is 1. The van der Waals surface area contributed by atoms with Crippen LogP contribution in [-0.2, 0) is 9.59 Å². The molecule has 0 bridgehead atoms. The average molecular weight is 484 g/mol. The molecule has 0 saturated heterocycles. The van der Waals surface area contributed by atoms with Crippen LogP contribution in [0.15, 0.2) is 16.8 Å². The van der Waals surface area contributed by atoms with Crippen LogP contribution in [0.1, 0.15) is 106 Å². The molecule has 5 rings (SSSR count). The third kappa shape index (κ3) is 2.99.